The number of nitrogens with two attached hydrogens (primary N) is 1. The number of nitrogens with zero attached hydrogens (tertiary/aromatic N) is 1. The lowest BCUT2D eigenvalue weighted by molar-refractivity contribution is -0.137. The van der Waals surface area contributed by atoms with Gasteiger partial charge in [-0.05, 0) is 18.2 Å². The fraction of sp³-hybridized carbons (Fsp3) is 0.400. The second kappa shape index (κ2) is 5.35. The highest BCUT2D eigenvalue weighted by molar-refractivity contribution is 7.89. The van der Waals surface area contributed by atoms with Gasteiger partial charge in [0.05, 0.1) is 17.1 Å². The first-order chi connectivity index (χ1) is 8.57. The molecule has 0 unspecified atom stereocenters. The number of sulfonamides is 1. The van der Waals surface area contributed by atoms with Crippen LogP contribution in [0.25, 0.3) is 0 Å². The van der Waals surface area contributed by atoms with Crippen LogP contribution >= 0.6 is 0 Å². The Hall–Kier alpha value is -1.32. The summed E-state index contributed by atoms with van der Waals surface area (Å²) in [5.74, 6) is 0. The molecule has 0 aliphatic heterocycles. The molecular weight excluding hydrogens is 285 g/mol. The third kappa shape index (κ3) is 3.82. The number of aliphatic hydroxyl groups is 1. The Balaban J connectivity index is 3.42. The molecule has 19 heavy (non-hydrogen) atoms. The molecule has 108 valence electrons. The summed E-state index contributed by atoms with van der Waals surface area (Å²) in [4.78, 5) is 0.566. The van der Waals surface area contributed by atoms with E-state index in [1.54, 1.807) is 0 Å². The molecule has 0 fully saturated rings. The molecule has 0 atom stereocenters. The van der Waals surface area contributed by atoms with Gasteiger partial charge in [0.1, 0.15) is 0 Å². The topological polar surface area (TPSA) is 83.6 Å². The number of benzene rings is 1. The smallest absolute Gasteiger partial charge is 0.395 e. The van der Waals surface area contributed by atoms with E-state index in [1.807, 2.05) is 0 Å². The molecule has 0 heterocycles. The molecule has 1 aromatic carbocycles. The fourth-order valence-corrected chi connectivity index (χ4v) is 2.06. The number of likely N-dealkylation sites (N-methyl/N-ethyl adjacent to an activating group) is 1. The van der Waals surface area contributed by atoms with Crippen molar-refractivity contribution in [2.24, 2.45) is 5.14 Å². The third-order valence-corrected chi connectivity index (χ3v) is 3.36. The van der Waals surface area contributed by atoms with Crippen LogP contribution in [0.4, 0.5) is 18.9 Å². The summed E-state index contributed by atoms with van der Waals surface area (Å²) in [6.45, 7) is -0.345. The van der Waals surface area contributed by atoms with Crippen molar-refractivity contribution in [1.82, 2.24) is 0 Å². The molecule has 0 aliphatic carbocycles. The van der Waals surface area contributed by atoms with Crippen molar-refractivity contribution < 1.29 is 26.7 Å². The molecule has 0 radical (unpaired) electrons. The van der Waals surface area contributed by atoms with Gasteiger partial charge in [0.25, 0.3) is 0 Å². The first-order valence-corrected chi connectivity index (χ1v) is 6.68. The van der Waals surface area contributed by atoms with Crippen LogP contribution < -0.4 is 10.0 Å². The van der Waals surface area contributed by atoms with Crippen molar-refractivity contribution in [3.05, 3.63) is 23.8 Å². The molecule has 1 aromatic rings. The first kappa shape index (κ1) is 15.7. The van der Waals surface area contributed by atoms with Crippen molar-refractivity contribution in [3.63, 3.8) is 0 Å². The van der Waals surface area contributed by atoms with Gasteiger partial charge in [0.2, 0.25) is 10.0 Å². The summed E-state index contributed by atoms with van der Waals surface area (Å²) in [6, 6.07) is 2.49. The molecule has 3 N–H and O–H groups in total. The number of halogens is 3. The van der Waals surface area contributed by atoms with Gasteiger partial charge in [-0.25, -0.2) is 13.6 Å². The van der Waals surface area contributed by atoms with Crippen molar-refractivity contribution in [1.29, 1.82) is 0 Å². The second-order valence-corrected chi connectivity index (χ2v) is 5.43. The highest BCUT2D eigenvalue weighted by Gasteiger charge is 2.35. The summed E-state index contributed by atoms with van der Waals surface area (Å²) >= 11 is 0. The van der Waals surface area contributed by atoms with Gasteiger partial charge >= 0.3 is 6.18 Å². The lowest BCUT2D eigenvalue weighted by atomic mass is 10.1. The number of primary sulfonamides is 1. The number of alkyl halides is 3. The average molecular weight is 298 g/mol. The normalized spacial score (nSPS) is 12.5. The summed E-state index contributed by atoms with van der Waals surface area (Å²) in [5.41, 5.74) is -1.34. The summed E-state index contributed by atoms with van der Waals surface area (Å²) in [7, 11) is -2.85. The van der Waals surface area contributed by atoms with Crippen LogP contribution in [0.15, 0.2) is 23.1 Å². The van der Waals surface area contributed by atoms with E-state index in [-0.39, 0.29) is 18.8 Å². The minimum atomic E-state index is -4.72. The van der Waals surface area contributed by atoms with Crippen molar-refractivity contribution in [3.8, 4) is 0 Å². The molecular formula is C10H13F3N2O3S. The van der Waals surface area contributed by atoms with Crippen LogP contribution in [0.1, 0.15) is 5.56 Å². The van der Waals surface area contributed by atoms with Gasteiger partial charge in [0.15, 0.2) is 0 Å². The third-order valence-electron chi connectivity index (χ3n) is 2.45. The van der Waals surface area contributed by atoms with Crippen molar-refractivity contribution in [2.75, 3.05) is 25.1 Å². The van der Waals surface area contributed by atoms with E-state index < -0.39 is 26.7 Å². The molecule has 0 bridgehead atoms. The van der Waals surface area contributed by atoms with Gasteiger partial charge in [-0.15, -0.1) is 0 Å². The molecule has 0 saturated carbocycles. The quantitative estimate of drug-likeness (QED) is 0.860. The van der Waals surface area contributed by atoms with Crippen LogP contribution in [0.3, 0.4) is 0 Å². The number of hydrogen-bond acceptors (Lipinski definition) is 4. The zero-order chi connectivity index (χ0) is 14.8. The Morgan fingerprint density at radius 2 is 1.95 bits per heavy atom. The highest BCUT2D eigenvalue weighted by atomic mass is 32.2. The highest BCUT2D eigenvalue weighted by Crippen LogP contribution is 2.37. The molecule has 0 aliphatic rings. The largest absolute Gasteiger partial charge is 0.418 e. The van der Waals surface area contributed by atoms with Gasteiger partial charge in [-0.2, -0.15) is 13.2 Å². The number of hydrogen-bond donors (Lipinski definition) is 2. The Labute approximate surface area is 108 Å². The van der Waals surface area contributed by atoms with E-state index in [1.165, 1.54) is 11.9 Å². The van der Waals surface area contributed by atoms with Gasteiger partial charge < -0.3 is 10.0 Å². The zero-order valence-electron chi connectivity index (χ0n) is 9.98. The maximum Gasteiger partial charge on any atom is 0.418 e. The minimum Gasteiger partial charge on any atom is -0.395 e. The fourth-order valence-electron chi connectivity index (χ4n) is 1.52. The Morgan fingerprint density at radius 1 is 1.37 bits per heavy atom. The molecule has 1 rings (SSSR count). The van der Waals surface area contributed by atoms with E-state index >= 15 is 0 Å². The lowest BCUT2D eigenvalue weighted by Crippen LogP contribution is -2.25. The predicted octanol–water partition coefficient (Wildman–Crippen LogP) is 0.781. The summed E-state index contributed by atoms with van der Waals surface area (Å²) in [5, 5.41) is 13.5. The molecule has 9 heteroatoms. The number of anilines is 1. The van der Waals surface area contributed by atoms with Crippen LogP contribution in [-0.4, -0.2) is 33.7 Å². The maximum atomic E-state index is 12.9. The van der Waals surface area contributed by atoms with E-state index in [4.69, 9.17) is 10.2 Å². The van der Waals surface area contributed by atoms with Crippen LogP contribution in [0.5, 0.6) is 0 Å². The van der Waals surface area contributed by atoms with Crippen LogP contribution in [0, 0.1) is 0 Å². The zero-order valence-corrected chi connectivity index (χ0v) is 10.8. The second-order valence-electron chi connectivity index (χ2n) is 3.87. The average Bonchev–Trinajstić information content (AvgIpc) is 2.26. The molecule has 0 aromatic heterocycles. The Kier molecular flexibility index (Phi) is 4.43. The lowest BCUT2D eigenvalue weighted by Gasteiger charge is -2.23. The molecule has 0 saturated heterocycles. The Bertz CT molecular complexity index is 558. The van der Waals surface area contributed by atoms with E-state index in [0.29, 0.717) is 6.07 Å². The van der Waals surface area contributed by atoms with E-state index in [2.05, 4.69) is 0 Å². The first-order valence-electron chi connectivity index (χ1n) is 5.13. The van der Waals surface area contributed by atoms with Gasteiger partial charge in [-0.1, -0.05) is 0 Å². The van der Waals surface area contributed by atoms with Crippen molar-refractivity contribution in [2.45, 2.75) is 11.1 Å². The van der Waals surface area contributed by atoms with E-state index in [0.717, 1.165) is 12.1 Å². The van der Waals surface area contributed by atoms with Gasteiger partial charge in [-0.3, -0.25) is 0 Å². The minimum absolute atomic E-state index is 0.0161. The maximum absolute atomic E-state index is 12.9. The van der Waals surface area contributed by atoms with Crippen LogP contribution in [0.2, 0.25) is 0 Å². The number of rotatable bonds is 4. The molecule has 5 nitrogen and oxygen atoms in total. The van der Waals surface area contributed by atoms with Gasteiger partial charge in [0, 0.05) is 19.3 Å². The van der Waals surface area contributed by atoms with E-state index in [9.17, 15) is 21.6 Å². The molecule has 0 amide bonds. The van der Waals surface area contributed by atoms with Crippen molar-refractivity contribution >= 4 is 15.7 Å². The number of aliphatic hydroxyl groups excluding tert-OH is 1. The SMILES string of the molecule is CN(CCO)c1ccc(S(N)(=O)=O)cc1C(F)(F)F. The Morgan fingerprint density at radius 3 is 2.37 bits per heavy atom. The monoisotopic (exact) mass is 298 g/mol. The summed E-state index contributed by atoms with van der Waals surface area (Å²) < 4.78 is 60.8. The van der Waals surface area contributed by atoms with Crippen LogP contribution in [-0.2, 0) is 16.2 Å². The summed E-state index contributed by atoms with van der Waals surface area (Å²) in [6.07, 6.45) is -4.72. The predicted molar refractivity (Wildman–Crippen MR) is 63.2 cm³/mol. The standard InChI is InChI=1S/C10H13F3N2O3S/c1-15(4-5-16)9-3-2-7(19(14,17)18)6-8(9)10(11,12)13/h2-3,6,16H,4-5H2,1H3,(H2,14,17,18). The molecule has 0 spiro atoms.